The average Bonchev–Trinajstić information content (AvgIpc) is 3.24. The predicted octanol–water partition coefficient (Wildman–Crippen LogP) is 3.77. The Morgan fingerprint density at radius 1 is 0.971 bits per heavy atom. The molecule has 0 unspecified atom stereocenters. The summed E-state index contributed by atoms with van der Waals surface area (Å²) in [5, 5.41) is 3.79. The molecule has 0 aliphatic carbocycles. The van der Waals surface area contributed by atoms with Gasteiger partial charge >= 0.3 is 11.9 Å². The van der Waals surface area contributed by atoms with Crippen molar-refractivity contribution < 1.29 is 23.9 Å². The number of unbranched alkanes of at least 4 members (excludes halogenated alkanes) is 4. The van der Waals surface area contributed by atoms with Crippen molar-refractivity contribution in [1.82, 2.24) is 10.3 Å². The third kappa shape index (κ3) is 9.55. The molecular formula is C26H39N3O5. The Bertz CT molecular complexity index is 878. The summed E-state index contributed by atoms with van der Waals surface area (Å²) in [5.41, 5.74) is 7.66. The second-order valence-corrected chi connectivity index (χ2v) is 8.60. The van der Waals surface area contributed by atoms with E-state index in [9.17, 15) is 14.4 Å². The van der Waals surface area contributed by atoms with E-state index in [1.807, 2.05) is 30.3 Å². The third-order valence-electron chi connectivity index (χ3n) is 5.60. The molecule has 2 aromatic rings. The fraction of sp³-hybridized carbons (Fsp3) is 0.577. The molecule has 8 nitrogen and oxygen atoms in total. The summed E-state index contributed by atoms with van der Waals surface area (Å²) < 4.78 is 10.6. The van der Waals surface area contributed by atoms with E-state index < -0.39 is 24.0 Å². The van der Waals surface area contributed by atoms with Crippen LogP contribution in [-0.4, -0.2) is 48.1 Å². The molecule has 1 aromatic heterocycles. The van der Waals surface area contributed by atoms with Gasteiger partial charge in [-0.05, 0) is 36.8 Å². The quantitative estimate of drug-likeness (QED) is 0.252. The highest BCUT2D eigenvalue weighted by Crippen LogP contribution is 2.16. The molecule has 2 atom stereocenters. The van der Waals surface area contributed by atoms with Gasteiger partial charge in [-0.3, -0.25) is 9.59 Å². The zero-order valence-electron chi connectivity index (χ0n) is 20.4. The van der Waals surface area contributed by atoms with Crippen molar-refractivity contribution in [3.8, 4) is 0 Å². The summed E-state index contributed by atoms with van der Waals surface area (Å²) >= 11 is 0. The number of carbonyl (C=O) groups is 3. The van der Waals surface area contributed by atoms with E-state index in [0.717, 1.165) is 55.1 Å². The molecule has 0 radical (unpaired) electrons. The molecule has 0 spiro atoms. The fourth-order valence-electron chi connectivity index (χ4n) is 3.58. The Labute approximate surface area is 201 Å². The van der Waals surface area contributed by atoms with E-state index in [-0.39, 0.29) is 25.2 Å². The minimum atomic E-state index is -0.875. The number of aromatic amines is 1. The van der Waals surface area contributed by atoms with Crippen LogP contribution in [0.3, 0.4) is 0 Å². The van der Waals surface area contributed by atoms with Gasteiger partial charge in [0.05, 0.1) is 13.2 Å². The van der Waals surface area contributed by atoms with Crippen LogP contribution in [0.2, 0.25) is 0 Å². The van der Waals surface area contributed by atoms with Gasteiger partial charge in [-0.25, -0.2) is 4.79 Å². The summed E-state index contributed by atoms with van der Waals surface area (Å²) in [6, 6.07) is 8.07. The number of benzene rings is 1. The van der Waals surface area contributed by atoms with Gasteiger partial charge in [0.15, 0.2) is 0 Å². The zero-order chi connectivity index (χ0) is 24.8. The molecule has 1 aromatic carbocycles. The highest BCUT2D eigenvalue weighted by Gasteiger charge is 2.24. The highest BCUT2D eigenvalue weighted by molar-refractivity contribution is 5.86. The number of aromatic nitrogens is 1. The van der Waals surface area contributed by atoms with Crippen LogP contribution in [-0.2, 0) is 30.3 Å². The van der Waals surface area contributed by atoms with Crippen LogP contribution in [0.4, 0.5) is 0 Å². The molecular weight excluding hydrogens is 434 g/mol. The normalized spacial score (nSPS) is 12.8. The van der Waals surface area contributed by atoms with E-state index in [1.54, 1.807) is 0 Å². The van der Waals surface area contributed by atoms with E-state index in [2.05, 4.69) is 24.1 Å². The van der Waals surface area contributed by atoms with Gasteiger partial charge in [0.2, 0.25) is 5.91 Å². The van der Waals surface area contributed by atoms with Crippen LogP contribution in [0, 0.1) is 0 Å². The number of esters is 2. The SMILES string of the molecule is CCCCCOC(=O)[C@H](N)CCC(=O)N[C@H](Cc1cc2ccccc2[nH]1)C(=O)OCCCCC. The summed E-state index contributed by atoms with van der Waals surface area (Å²) in [6.07, 6.45) is 6.02. The van der Waals surface area contributed by atoms with Gasteiger partial charge < -0.3 is 25.5 Å². The van der Waals surface area contributed by atoms with E-state index >= 15 is 0 Å². The zero-order valence-corrected chi connectivity index (χ0v) is 20.4. The molecule has 0 bridgehead atoms. The van der Waals surface area contributed by atoms with Crippen molar-refractivity contribution in [3.63, 3.8) is 0 Å². The number of hydrogen-bond acceptors (Lipinski definition) is 6. The minimum absolute atomic E-state index is 0.0115. The first-order chi connectivity index (χ1) is 16.4. The lowest BCUT2D eigenvalue weighted by Crippen LogP contribution is -2.44. The topological polar surface area (TPSA) is 124 Å². The maximum Gasteiger partial charge on any atom is 0.329 e. The Kier molecular flexibility index (Phi) is 12.2. The summed E-state index contributed by atoms with van der Waals surface area (Å²) in [7, 11) is 0. The smallest absolute Gasteiger partial charge is 0.329 e. The van der Waals surface area contributed by atoms with Crippen molar-refractivity contribution in [2.75, 3.05) is 13.2 Å². The van der Waals surface area contributed by atoms with E-state index in [0.29, 0.717) is 13.2 Å². The lowest BCUT2D eigenvalue weighted by atomic mass is 10.1. The first-order valence-corrected chi connectivity index (χ1v) is 12.4. The van der Waals surface area contributed by atoms with Crippen LogP contribution in [0.1, 0.15) is 70.9 Å². The number of ether oxygens (including phenoxy) is 2. The van der Waals surface area contributed by atoms with Crippen molar-refractivity contribution >= 4 is 28.7 Å². The number of fused-ring (bicyclic) bond motifs is 1. The van der Waals surface area contributed by atoms with Crippen LogP contribution in [0.5, 0.6) is 0 Å². The highest BCUT2D eigenvalue weighted by atomic mass is 16.5. The van der Waals surface area contributed by atoms with Gasteiger partial charge in [0, 0.05) is 24.1 Å². The predicted molar refractivity (Wildman–Crippen MR) is 132 cm³/mol. The third-order valence-corrected chi connectivity index (χ3v) is 5.60. The largest absolute Gasteiger partial charge is 0.465 e. The van der Waals surface area contributed by atoms with Crippen LogP contribution >= 0.6 is 0 Å². The molecule has 34 heavy (non-hydrogen) atoms. The number of para-hydroxylation sites is 1. The molecule has 0 fully saturated rings. The molecule has 188 valence electrons. The number of rotatable bonds is 16. The van der Waals surface area contributed by atoms with Gasteiger partial charge in [-0.15, -0.1) is 0 Å². The molecule has 0 aliphatic rings. The van der Waals surface area contributed by atoms with Gasteiger partial charge in [0.25, 0.3) is 0 Å². The fourth-order valence-corrected chi connectivity index (χ4v) is 3.58. The van der Waals surface area contributed by atoms with Crippen LogP contribution < -0.4 is 11.1 Å². The molecule has 4 N–H and O–H groups in total. The monoisotopic (exact) mass is 473 g/mol. The Balaban J connectivity index is 1.92. The van der Waals surface area contributed by atoms with Crippen molar-refractivity contribution in [3.05, 3.63) is 36.0 Å². The van der Waals surface area contributed by atoms with Gasteiger partial charge in [-0.2, -0.15) is 0 Å². The number of carbonyl (C=O) groups excluding carboxylic acids is 3. The molecule has 2 rings (SSSR count). The molecule has 0 saturated carbocycles. The molecule has 8 heteroatoms. The number of H-pyrrole nitrogens is 1. The lowest BCUT2D eigenvalue weighted by Gasteiger charge is -2.18. The summed E-state index contributed by atoms with van der Waals surface area (Å²) in [4.78, 5) is 40.6. The molecule has 1 amide bonds. The van der Waals surface area contributed by atoms with Crippen molar-refractivity contribution in [2.45, 2.75) is 83.7 Å². The van der Waals surface area contributed by atoms with Crippen LogP contribution in [0.25, 0.3) is 10.9 Å². The Hall–Kier alpha value is -2.87. The van der Waals surface area contributed by atoms with Gasteiger partial charge in [0.1, 0.15) is 12.1 Å². The van der Waals surface area contributed by atoms with E-state index in [4.69, 9.17) is 15.2 Å². The Morgan fingerprint density at radius 2 is 1.62 bits per heavy atom. The second-order valence-electron chi connectivity index (χ2n) is 8.60. The molecule has 0 saturated heterocycles. The number of amides is 1. The number of nitrogens with one attached hydrogen (secondary N) is 2. The lowest BCUT2D eigenvalue weighted by molar-refractivity contribution is -0.148. The molecule has 1 heterocycles. The maximum atomic E-state index is 12.7. The maximum absolute atomic E-state index is 12.7. The first kappa shape index (κ1) is 27.4. The average molecular weight is 474 g/mol. The first-order valence-electron chi connectivity index (χ1n) is 12.4. The summed E-state index contributed by atoms with van der Waals surface area (Å²) in [6.45, 7) is 4.80. The molecule has 0 aliphatic heterocycles. The number of nitrogens with two attached hydrogens (primary N) is 1. The minimum Gasteiger partial charge on any atom is -0.465 e. The van der Waals surface area contributed by atoms with Gasteiger partial charge in [-0.1, -0.05) is 57.7 Å². The van der Waals surface area contributed by atoms with Crippen molar-refractivity contribution in [2.24, 2.45) is 5.73 Å². The summed E-state index contributed by atoms with van der Waals surface area (Å²) in [5.74, 6) is -1.34. The van der Waals surface area contributed by atoms with E-state index in [1.165, 1.54) is 0 Å². The second kappa shape index (κ2) is 15.1. The van der Waals surface area contributed by atoms with Crippen LogP contribution in [0.15, 0.2) is 30.3 Å². The number of hydrogen-bond donors (Lipinski definition) is 3. The standard InChI is InChI=1S/C26H39N3O5/c1-3-5-9-15-33-25(31)21(27)13-14-24(30)29-23(26(32)34-16-10-6-4-2)18-20-17-19-11-7-8-12-22(19)28-20/h7-8,11-12,17,21,23,28H,3-6,9-10,13-16,18,27H2,1-2H3,(H,29,30)/t21-,23-/m1/s1. The van der Waals surface area contributed by atoms with Crippen molar-refractivity contribution in [1.29, 1.82) is 0 Å². The Morgan fingerprint density at radius 3 is 2.26 bits per heavy atom.